The van der Waals surface area contributed by atoms with Crippen LogP contribution >= 0.6 is 0 Å². The van der Waals surface area contributed by atoms with Crippen molar-refractivity contribution in [2.45, 2.75) is 103 Å². The quantitative estimate of drug-likeness (QED) is 0.528. The average molecular weight is 289 g/mol. The van der Waals surface area contributed by atoms with E-state index in [4.69, 9.17) is 0 Å². The first-order valence-corrected chi connectivity index (χ1v) is 10.4. The van der Waals surface area contributed by atoms with Crippen LogP contribution in [0.1, 0.15) is 103 Å². The lowest BCUT2D eigenvalue weighted by molar-refractivity contribution is -0.0343. The second kappa shape index (κ2) is 6.25. The van der Waals surface area contributed by atoms with Gasteiger partial charge in [-0.25, -0.2) is 0 Å². The zero-order valence-corrected chi connectivity index (χ0v) is 14.1. The Hall–Kier alpha value is 0. The standard InChI is InChI=1S/C21H36/c1-3-10-18(11-4-1)21(19-12-5-2-6-13-19)16-15-17-9-7-8-14-20(17)21/h17-20H,1-16H2. The molecular weight excluding hydrogens is 252 g/mol. The fourth-order valence-electron chi connectivity index (χ4n) is 7.51. The SMILES string of the molecule is C1CCC(C2(C3CCCCC3)CCC3CCCCC32)CC1. The van der Waals surface area contributed by atoms with Crippen molar-refractivity contribution in [2.24, 2.45) is 29.1 Å². The zero-order chi connectivity index (χ0) is 14.1. The molecule has 0 amide bonds. The van der Waals surface area contributed by atoms with Crippen LogP contribution in [-0.2, 0) is 0 Å². The Morgan fingerprint density at radius 1 is 0.476 bits per heavy atom. The molecule has 0 saturated heterocycles. The van der Waals surface area contributed by atoms with Gasteiger partial charge < -0.3 is 0 Å². The van der Waals surface area contributed by atoms with E-state index in [1.165, 1.54) is 12.8 Å². The molecule has 4 rings (SSSR count). The molecule has 4 fully saturated rings. The molecule has 0 radical (unpaired) electrons. The van der Waals surface area contributed by atoms with E-state index < -0.39 is 0 Å². The van der Waals surface area contributed by atoms with Gasteiger partial charge in [0.1, 0.15) is 0 Å². The van der Waals surface area contributed by atoms with Gasteiger partial charge in [-0.05, 0) is 74.0 Å². The van der Waals surface area contributed by atoms with Gasteiger partial charge in [-0.2, -0.15) is 0 Å². The van der Waals surface area contributed by atoms with Crippen LogP contribution in [0.3, 0.4) is 0 Å². The van der Waals surface area contributed by atoms with Crippen LogP contribution in [0.5, 0.6) is 0 Å². The smallest absolute Gasteiger partial charge is 0.0210 e. The maximum absolute atomic E-state index is 1.64. The van der Waals surface area contributed by atoms with E-state index in [2.05, 4.69) is 0 Å². The van der Waals surface area contributed by atoms with Crippen molar-refractivity contribution in [1.29, 1.82) is 0 Å². The Balaban J connectivity index is 1.64. The fourth-order valence-corrected chi connectivity index (χ4v) is 7.51. The van der Waals surface area contributed by atoms with Gasteiger partial charge >= 0.3 is 0 Å². The summed E-state index contributed by atoms with van der Waals surface area (Å²) in [6.07, 6.45) is 25.2. The van der Waals surface area contributed by atoms with E-state index in [1.807, 2.05) is 0 Å². The second-order valence-corrected chi connectivity index (χ2v) is 8.97. The van der Waals surface area contributed by atoms with Gasteiger partial charge in [-0.1, -0.05) is 57.8 Å². The third-order valence-electron chi connectivity index (χ3n) is 8.28. The number of hydrogen-bond acceptors (Lipinski definition) is 0. The molecule has 0 aromatic carbocycles. The Bertz CT molecular complexity index is 314. The maximum Gasteiger partial charge on any atom is -0.0210 e. The first kappa shape index (κ1) is 14.6. The number of rotatable bonds is 2. The van der Waals surface area contributed by atoms with Crippen LogP contribution in [0, 0.1) is 29.1 Å². The summed E-state index contributed by atoms with van der Waals surface area (Å²) >= 11 is 0. The molecular formula is C21H36. The Morgan fingerprint density at radius 3 is 1.62 bits per heavy atom. The summed E-state index contributed by atoms with van der Waals surface area (Å²) in [7, 11) is 0. The number of fused-ring (bicyclic) bond motifs is 1. The highest BCUT2D eigenvalue weighted by molar-refractivity contribution is 5.05. The van der Waals surface area contributed by atoms with Crippen LogP contribution in [0.15, 0.2) is 0 Å². The van der Waals surface area contributed by atoms with E-state index >= 15 is 0 Å². The van der Waals surface area contributed by atoms with Gasteiger partial charge in [0, 0.05) is 0 Å². The summed E-state index contributed by atoms with van der Waals surface area (Å²) in [6, 6.07) is 0. The summed E-state index contributed by atoms with van der Waals surface area (Å²) in [5, 5.41) is 0. The monoisotopic (exact) mass is 288 g/mol. The molecule has 2 unspecified atom stereocenters. The lowest BCUT2D eigenvalue weighted by Crippen LogP contribution is -2.45. The lowest BCUT2D eigenvalue weighted by Gasteiger charge is -2.53. The highest BCUT2D eigenvalue weighted by atomic mass is 14.6. The molecule has 0 bridgehead atoms. The third kappa shape index (κ3) is 2.49. The van der Waals surface area contributed by atoms with Crippen molar-refractivity contribution >= 4 is 0 Å². The van der Waals surface area contributed by atoms with E-state index in [0.29, 0.717) is 0 Å². The minimum atomic E-state index is 0.825. The first-order chi connectivity index (χ1) is 10.4. The minimum absolute atomic E-state index is 0.825. The van der Waals surface area contributed by atoms with Crippen LogP contribution < -0.4 is 0 Å². The summed E-state index contributed by atoms with van der Waals surface area (Å²) in [5.41, 5.74) is 0.825. The van der Waals surface area contributed by atoms with Crippen molar-refractivity contribution in [3.8, 4) is 0 Å². The minimum Gasteiger partial charge on any atom is -0.0533 e. The van der Waals surface area contributed by atoms with Crippen LogP contribution in [0.2, 0.25) is 0 Å². The third-order valence-corrected chi connectivity index (χ3v) is 8.28. The molecule has 4 saturated carbocycles. The summed E-state index contributed by atoms with van der Waals surface area (Å²) in [4.78, 5) is 0. The van der Waals surface area contributed by atoms with Crippen LogP contribution in [0.25, 0.3) is 0 Å². The molecule has 0 nitrogen and oxygen atoms in total. The summed E-state index contributed by atoms with van der Waals surface area (Å²) in [6.45, 7) is 0. The van der Waals surface area contributed by atoms with Crippen molar-refractivity contribution in [3.63, 3.8) is 0 Å². The molecule has 0 heteroatoms. The molecule has 0 aromatic heterocycles. The Kier molecular flexibility index (Phi) is 4.34. The molecule has 0 aromatic rings. The van der Waals surface area contributed by atoms with Gasteiger partial charge in [0.05, 0.1) is 0 Å². The predicted octanol–water partition coefficient (Wildman–Crippen LogP) is 6.73. The van der Waals surface area contributed by atoms with Crippen LogP contribution in [0.4, 0.5) is 0 Å². The van der Waals surface area contributed by atoms with Crippen molar-refractivity contribution in [3.05, 3.63) is 0 Å². The van der Waals surface area contributed by atoms with Gasteiger partial charge in [0.15, 0.2) is 0 Å². The first-order valence-electron chi connectivity index (χ1n) is 10.4. The average Bonchev–Trinajstić information content (AvgIpc) is 2.97. The van der Waals surface area contributed by atoms with Gasteiger partial charge in [-0.3, -0.25) is 0 Å². The summed E-state index contributed by atoms with van der Waals surface area (Å²) < 4.78 is 0. The van der Waals surface area contributed by atoms with E-state index in [1.54, 1.807) is 89.9 Å². The highest BCUT2D eigenvalue weighted by Crippen LogP contribution is 2.64. The van der Waals surface area contributed by atoms with Crippen molar-refractivity contribution < 1.29 is 0 Å². The van der Waals surface area contributed by atoms with Crippen molar-refractivity contribution in [2.75, 3.05) is 0 Å². The lowest BCUT2D eigenvalue weighted by atomic mass is 9.52. The van der Waals surface area contributed by atoms with E-state index in [0.717, 1.165) is 29.1 Å². The number of hydrogen-bond donors (Lipinski definition) is 0. The molecule has 21 heavy (non-hydrogen) atoms. The molecule has 2 atom stereocenters. The van der Waals surface area contributed by atoms with Gasteiger partial charge in [0.2, 0.25) is 0 Å². The predicted molar refractivity (Wildman–Crippen MR) is 90.3 cm³/mol. The highest BCUT2D eigenvalue weighted by Gasteiger charge is 2.56. The van der Waals surface area contributed by atoms with Crippen LogP contribution in [-0.4, -0.2) is 0 Å². The fraction of sp³-hybridized carbons (Fsp3) is 1.00. The van der Waals surface area contributed by atoms with Crippen molar-refractivity contribution in [1.82, 2.24) is 0 Å². The molecule has 4 aliphatic rings. The molecule has 0 spiro atoms. The van der Waals surface area contributed by atoms with Gasteiger partial charge in [-0.15, -0.1) is 0 Å². The molecule has 0 heterocycles. The van der Waals surface area contributed by atoms with Gasteiger partial charge in [0.25, 0.3) is 0 Å². The maximum atomic E-state index is 1.64. The molecule has 0 N–H and O–H groups in total. The summed E-state index contributed by atoms with van der Waals surface area (Å²) in [5.74, 6) is 4.55. The second-order valence-electron chi connectivity index (χ2n) is 8.97. The topological polar surface area (TPSA) is 0 Å². The normalized spacial score (nSPS) is 38.3. The molecule has 4 aliphatic carbocycles. The molecule has 0 aliphatic heterocycles. The Morgan fingerprint density at radius 2 is 1.00 bits per heavy atom. The molecule has 120 valence electrons. The zero-order valence-electron chi connectivity index (χ0n) is 14.1. The Labute approximate surface area is 132 Å². The van der Waals surface area contributed by atoms with E-state index in [-0.39, 0.29) is 0 Å². The largest absolute Gasteiger partial charge is 0.0533 e. The van der Waals surface area contributed by atoms with E-state index in [9.17, 15) is 0 Å².